The van der Waals surface area contributed by atoms with E-state index in [1.165, 1.54) is 0 Å². The van der Waals surface area contributed by atoms with Crippen molar-refractivity contribution in [1.82, 2.24) is 9.62 Å². The average Bonchev–Trinajstić information content (AvgIpc) is 3.34. The molecule has 1 saturated heterocycles. The van der Waals surface area contributed by atoms with Crippen LogP contribution in [0, 0.1) is 0 Å². The molecule has 1 fully saturated rings. The zero-order chi connectivity index (χ0) is 22.3. The maximum atomic E-state index is 12.7. The van der Waals surface area contributed by atoms with Gasteiger partial charge in [0, 0.05) is 31.4 Å². The second-order valence-corrected chi connectivity index (χ2v) is 9.08. The Morgan fingerprint density at radius 2 is 1.71 bits per heavy atom. The van der Waals surface area contributed by atoms with E-state index in [0.29, 0.717) is 48.5 Å². The molecule has 1 aliphatic heterocycles. The third kappa shape index (κ3) is 5.68. The lowest BCUT2D eigenvalue weighted by Crippen LogP contribution is -2.30. The van der Waals surface area contributed by atoms with Crippen molar-refractivity contribution in [3.05, 3.63) is 48.0 Å². The summed E-state index contributed by atoms with van der Waals surface area (Å²) in [6.07, 6.45) is 1.85. The van der Waals surface area contributed by atoms with Gasteiger partial charge in [-0.05, 0) is 49.6 Å². The van der Waals surface area contributed by atoms with Gasteiger partial charge in [0.15, 0.2) is 17.5 Å². The minimum absolute atomic E-state index is 0.331. The van der Waals surface area contributed by atoms with Gasteiger partial charge in [-0.1, -0.05) is 12.1 Å². The number of nitrogens with zero attached hydrogens (tertiary/aromatic N) is 2. The van der Waals surface area contributed by atoms with Crippen LogP contribution in [0.2, 0.25) is 0 Å². The molecule has 168 valence electrons. The lowest BCUT2D eigenvalue weighted by molar-refractivity contribution is 0.355. The number of hydrogen-bond donors (Lipinski definition) is 2. The van der Waals surface area contributed by atoms with Crippen LogP contribution in [0.4, 0.5) is 5.69 Å². The minimum Gasteiger partial charge on any atom is -0.493 e. The van der Waals surface area contributed by atoms with Gasteiger partial charge in [-0.25, -0.2) is 13.4 Å². The van der Waals surface area contributed by atoms with Crippen LogP contribution in [0.25, 0.3) is 0 Å². The van der Waals surface area contributed by atoms with E-state index < -0.39 is 10.0 Å². The van der Waals surface area contributed by atoms with E-state index in [1.54, 1.807) is 30.7 Å². The molecule has 9 heteroatoms. The molecule has 0 bridgehead atoms. The van der Waals surface area contributed by atoms with Gasteiger partial charge < -0.3 is 20.1 Å². The minimum atomic E-state index is -3.40. The standard InChI is InChI=1S/C22H30N4O4S/c1-4-23-22(25-18-9-12-20(29-2)21(15-18)30-3)24-16-17-7-10-19(11-8-17)31(27,28)26-13-5-6-14-26/h7-12,15H,4-6,13-14,16H2,1-3H3,(H2,23,24,25). The second kappa shape index (κ2) is 10.5. The fourth-order valence-corrected chi connectivity index (χ4v) is 4.89. The number of anilines is 1. The van der Waals surface area contributed by atoms with Gasteiger partial charge in [-0.2, -0.15) is 4.31 Å². The first-order valence-electron chi connectivity index (χ1n) is 10.3. The molecule has 31 heavy (non-hydrogen) atoms. The van der Waals surface area contributed by atoms with Gasteiger partial charge in [0.05, 0.1) is 25.7 Å². The van der Waals surface area contributed by atoms with Crippen molar-refractivity contribution in [1.29, 1.82) is 0 Å². The van der Waals surface area contributed by atoms with Crippen molar-refractivity contribution in [2.75, 3.05) is 39.2 Å². The van der Waals surface area contributed by atoms with Crippen molar-refractivity contribution in [2.24, 2.45) is 4.99 Å². The first kappa shape index (κ1) is 22.9. The van der Waals surface area contributed by atoms with Gasteiger partial charge in [-0.15, -0.1) is 0 Å². The summed E-state index contributed by atoms with van der Waals surface area (Å²) in [5.41, 5.74) is 1.73. The number of sulfonamides is 1. The number of benzene rings is 2. The molecule has 8 nitrogen and oxygen atoms in total. The molecule has 0 amide bonds. The summed E-state index contributed by atoms with van der Waals surface area (Å²) >= 11 is 0. The van der Waals surface area contributed by atoms with Crippen molar-refractivity contribution in [3.8, 4) is 11.5 Å². The molecule has 0 spiro atoms. The molecule has 1 aliphatic rings. The highest BCUT2D eigenvalue weighted by Gasteiger charge is 2.26. The lowest BCUT2D eigenvalue weighted by Gasteiger charge is -2.15. The highest BCUT2D eigenvalue weighted by molar-refractivity contribution is 7.89. The molecule has 0 unspecified atom stereocenters. The maximum absolute atomic E-state index is 12.7. The van der Waals surface area contributed by atoms with E-state index >= 15 is 0 Å². The van der Waals surface area contributed by atoms with Crippen molar-refractivity contribution in [3.63, 3.8) is 0 Å². The molecule has 2 aromatic rings. The Bertz CT molecular complexity index is 1000. The Morgan fingerprint density at radius 3 is 2.32 bits per heavy atom. The third-order valence-corrected chi connectivity index (χ3v) is 6.95. The van der Waals surface area contributed by atoms with E-state index in [4.69, 9.17) is 9.47 Å². The normalized spacial score (nSPS) is 15.0. The number of methoxy groups -OCH3 is 2. The first-order chi connectivity index (χ1) is 15.0. The number of guanidine groups is 1. The average molecular weight is 447 g/mol. The predicted octanol–water partition coefficient (Wildman–Crippen LogP) is 3.07. The summed E-state index contributed by atoms with van der Waals surface area (Å²) in [7, 11) is -0.211. The molecule has 0 atom stereocenters. The van der Waals surface area contributed by atoms with Gasteiger partial charge in [0.25, 0.3) is 0 Å². The van der Waals surface area contributed by atoms with Crippen molar-refractivity contribution in [2.45, 2.75) is 31.2 Å². The molecule has 3 rings (SSSR count). The molecule has 2 aromatic carbocycles. The molecule has 0 radical (unpaired) electrons. The molecular formula is C22H30N4O4S. The molecule has 0 aliphatic carbocycles. The Hall–Kier alpha value is -2.78. The monoisotopic (exact) mass is 446 g/mol. The topological polar surface area (TPSA) is 92.3 Å². The predicted molar refractivity (Wildman–Crippen MR) is 122 cm³/mol. The summed E-state index contributed by atoms with van der Waals surface area (Å²) < 4.78 is 37.5. The highest BCUT2D eigenvalue weighted by atomic mass is 32.2. The van der Waals surface area contributed by atoms with Crippen molar-refractivity contribution < 1.29 is 17.9 Å². The van der Waals surface area contributed by atoms with E-state index in [2.05, 4.69) is 15.6 Å². The highest BCUT2D eigenvalue weighted by Crippen LogP contribution is 2.29. The molecular weight excluding hydrogens is 416 g/mol. The van der Waals surface area contributed by atoms with Gasteiger partial charge >= 0.3 is 0 Å². The summed E-state index contributed by atoms with van der Waals surface area (Å²) in [6.45, 7) is 4.30. The van der Waals surface area contributed by atoms with Crippen LogP contribution in [0.3, 0.4) is 0 Å². The number of ether oxygens (including phenoxy) is 2. The van der Waals surface area contributed by atoms with E-state index in [-0.39, 0.29) is 0 Å². The molecule has 0 saturated carbocycles. The van der Waals surface area contributed by atoms with Crippen molar-refractivity contribution >= 4 is 21.7 Å². The maximum Gasteiger partial charge on any atom is 0.243 e. The van der Waals surface area contributed by atoms with Crippen LogP contribution < -0.4 is 20.1 Å². The van der Waals surface area contributed by atoms with Crippen LogP contribution in [0.1, 0.15) is 25.3 Å². The largest absolute Gasteiger partial charge is 0.493 e. The summed E-state index contributed by atoms with van der Waals surface area (Å²) in [5.74, 6) is 1.89. The van der Waals surface area contributed by atoms with E-state index in [9.17, 15) is 8.42 Å². The smallest absolute Gasteiger partial charge is 0.243 e. The quantitative estimate of drug-likeness (QED) is 0.478. The summed E-state index contributed by atoms with van der Waals surface area (Å²) in [6, 6.07) is 12.5. The zero-order valence-corrected chi connectivity index (χ0v) is 19.0. The van der Waals surface area contributed by atoms with E-state index in [1.807, 2.05) is 37.3 Å². The molecule has 1 heterocycles. The fourth-order valence-electron chi connectivity index (χ4n) is 3.37. The second-order valence-electron chi connectivity index (χ2n) is 7.15. The molecule has 0 aromatic heterocycles. The van der Waals surface area contributed by atoms with Crippen LogP contribution in [0.15, 0.2) is 52.4 Å². The lowest BCUT2D eigenvalue weighted by atomic mass is 10.2. The Kier molecular flexibility index (Phi) is 7.75. The van der Waals surface area contributed by atoms with Gasteiger partial charge in [0.2, 0.25) is 10.0 Å². The first-order valence-corrected chi connectivity index (χ1v) is 11.8. The summed E-state index contributed by atoms with van der Waals surface area (Å²) in [5, 5.41) is 6.45. The Morgan fingerprint density at radius 1 is 1.03 bits per heavy atom. The number of aliphatic imine (C=N–C) groups is 1. The SMILES string of the molecule is CCNC(=NCc1ccc(S(=O)(=O)N2CCCC2)cc1)Nc1ccc(OC)c(OC)c1. The van der Waals surface area contributed by atoms with E-state index in [0.717, 1.165) is 24.1 Å². The van der Waals surface area contributed by atoms with Crippen LogP contribution >= 0.6 is 0 Å². The summed E-state index contributed by atoms with van der Waals surface area (Å²) in [4.78, 5) is 4.94. The number of rotatable bonds is 8. The van der Waals surface area contributed by atoms with Gasteiger partial charge in [-0.3, -0.25) is 0 Å². The number of hydrogen-bond acceptors (Lipinski definition) is 5. The Labute approximate surface area is 184 Å². The van der Waals surface area contributed by atoms with Crippen LogP contribution in [0.5, 0.6) is 11.5 Å². The molecule has 2 N–H and O–H groups in total. The van der Waals surface area contributed by atoms with Crippen LogP contribution in [-0.4, -0.2) is 52.5 Å². The fraction of sp³-hybridized carbons (Fsp3) is 0.409. The van der Waals surface area contributed by atoms with Gasteiger partial charge in [0.1, 0.15) is 0 Å². The Balaban J connectivity index is 1.70. The number of nitrogens with one attached hydrogen (secondary N) is 2. The third-order valence-electron chi connectivity index (χ3n) is 5.04. The van der Waals surface area contributed by atoms with Crippen LogP contribution in [-0.2, 0) is 16.6 Å². The zero-order valence-electron chi connectivity index (χ0n) is 18.2.